The van der Waals surface area contributed by atoms with E-state index in [1.165, 1.54) is 0 Å². The van der Waals surface area contributed by atoms with Crippen LogP contribution < -0.4 is 11.1 Å². The number of hydrogen-bond donors (Lipinski definition) is 7. The van der Waals surface area contributed by atoms with E-state index in [9.17, 15) is 19.2 Å². The maximum absolute atomic E-state index is 11.1. The molecule has 0 aromatic carbocycles. The van der Waals surface area contributed by atoms with Gasteiger partial charge in [0.15, 0.2) is 18.0 Å². The molecule has 0 aliphatic heterocycles. The highest BCUT2D eigenvalue weighted by molar-refractivity contribution is 7.88. The maximum atomic E-state index is 11.1. The van der Waals surface area contributed by atoms with Crippen molar-refractivity contribution in [1.29, 1.82) is 0 Å². The molecule has 132 valence electrons. The standard InChI is InChI=1S/C10H16N2O10S/c11-10(22-23-21,3-7(17)18)9(1-5(13)14,2-6(15)16)12-4-8(19)20/h12,21H,1-4,11H2,(H,13,14)(H,15,16)(H,17,18)(H,19,20). The van der Waals surface area contributed by atoms with E-state index in [1.807, 2.05) is 0 Å². The zero-order chi connectivity index (χ0) is 18.3. The molecule has 0 radical (unpaired) electrons. The van der Waals surface area contributed by atoms with Gasteiger partial charge < -0.3 is 30.7 Å². The second-order valence-corrected chi connectivity index (χ2v) is 4.90. The zero-order valence-electron chi connectivity index (χ0n) is 11.6. The van der Waals surface area contributed by atoms with E-state index in [0.717, 1.165) is 0 Å². The van der Waals surface area contributed by atoms with E-state index in [-0.39, 0.29) is 0 Å². The third-order valence-corrected chi connectivity index (χ3v) is 3.27. The van der Waals surface area contributed by atoms with Crippen LogP contribution in [0.5, 0.6) is 0 Å². The molecule has 1 unspecified atom stereocenters. The molecule has 13 heteroatoms. The number of nitrogens with one attached hydrogen (secondary N) is 1. The van der Waals surface area contributed by atoms with Crippen LogP contribution in [-0.4, -0.2) is 66.7 Å². The largest absolute Gasteiger partial charge is 0.481 e. The van der Waals surface area contributed by atoms with Crippen molar-refractivity contribution in [2.75, 3.05) is 6.54 Å². The molecule has 0 saturated heterocycles. The molecule has 0 spiro atoms. The highest BCUT2D eigenvalue weighted by Gasteiger charge is 2.54. The van der Waals surface area contributed by atoms with Crippen molar-refractivity contribution in [1.82, 2.24) is 5.32 Å². The lowest BCUT2D eigenvalue weighted by Crippen LogP contribution is -2.71. The maximum Gasteiger partial charge on any atom is 0.317 e. The molecule has 0 aliphatic rings. The number of aliphatic carboxylic acids is 4. The average molecular weight is 356 g/mol. The van der Waals surface area contributed by atoms with Crippen molar-refractivity contribution >= 4 is 36.2 Å². The fourth-order valence-corrected chi connectivity index (χ4v) is 2.32. The Balaban J connectivity index is 6.03. The van der Waals surface area contributed by atoms with Crippen molar-refractivity contribution in [3.05, 3.63) is 0 Å². The van der Waals surface area contributed by atoms with Crippen molar-refractivity contribution < 1.29 is 48.3 Å². The summed E-state index contributed by atoms with van der Waals surface area (Å²) < 4.78 is 13.4. The highest BCUT2D eigenvalue weighted by Crippen LogP contribution is 2.34. The van der Waals surface area contributed by atoms with Gasteiger partial charge in [-0.15, -0.1) is 0 Å². The summed E-state index contributed by atoms with van der Waals surface area (Å²) in [6, 6.07) is 0. The summed E-state index contributed by atoms with van der Waals surface area (Å²) in [6.45, 7) is -0.918. The van der Waals surface area contributed by atoms with Gasteiger partial charge in [0.2, 0.25) is 0 Å². The van der Waals surface area contributed by atoms with Gasteiger partial charge in [-0.25, -0.2) is 0 Å². The summed E-state index contributed by atoms with van der Waals surface area (Å²) in [5, 5.41) is 37.7. The third-order valence-electron chi connectivity index (χ3n) is 2.89. The van der Waals surface area contributed by atoms with E-state index in [1.54, 1.807) is 0 Å². The van der Waals surface area contributed by atoms with Crippen molar-refractivity contribution in [2.24, 2.45) is 5.73 Å². The number of rotatable bonds is 12. The van der Waals surface area contributed by atoms with Crippen LogP contribution in [0.1, 0.15) is 19.3 Å². The summed E-state index contributed by atoms with van der Waals surface area (Å²) in [5.41, 5.74) is 0.846. The number of carbonyl (C=O) groups is 4. The Labute approximate surface area is 133 Å². The highest BCUT2D eigenvalue weighted by atomic mass is 32.2. The van der Waals surface area contributed by atoms with Gasteiger partial charge in [-0.3, -0.25) is 28.7 Å². The molecular formula is C10H16N2O10S. The summed E-state index contributed by atoms with van der Waals surface area (Å²) >= 11 is -0.396. The van der Waals surface area contributed by atoms with Crippen LogP contribution in [0.15, 0.2) is 0 Å². The van der Waals surface area contributed by atoms with E-state index in [0.29, 0.717) is 0 Å². The zero-order valence-corrected chi connectivity index (χ0v) is 12.4. The van der Waals surface area contributed by atoms with Crippen molar-refractivity contribution in [3.63, 3.8) is 0 Å². The molecule has 1 atom stereocenters. The summed E-state index contributed by atoms with van der Waals surface area (Å²) in [7, 11) is 0. The first kappa shape index (κ1) is 21.1. The molecule has 0 fully saturated rings. The smallest absolute Gasteiger partial charge is 0.317 e. The minimum atomic E-state index is -2.54. The summed E-state index contributed by atoms with van der Waals surface area (Å²) in [4.78, 5) is 43.8. The minimum Gasteiger partial charge on any atom is -0.481 e. The second kappa shape index (κ2) is 8.64. The van der Waals surface area contributed by atoms with Crippen LogP contribution in [0, 0.1) is 0 Å². The molecule has 23 heavy (non-hydrogen) atoms. The minimum absolute atomic E-state index is 0.396. The Morgan fingerprint density at radius 1 is 0.913 bits per heavy atom. The molecule has 0 amide bonds. The topological polar surface area (TPSA) is 217 Å². The van der Waals surface area contributed by atoms with Gasteiger partial charge in [-0.2, -0.15) is 0 Å². The van der Waals surface area contributed by atoms with E-state index in [2.05, 4.69) is 9.50 Å². The molecule has 0 saturated carbocycles. The third kappa shape index (κ3) is 6.37. The van der Waals surface area contributed by atoms with Gasteiger partial charge in [0, 0.05) is 0 Å². The number of hydrogen-bond acceptors (Lipinski definition) is 9. The molecule has 0 bridgehead atoms. The predicted octanol–water partition coefficient (Wildman–Crippen LogP) is -1.38. The molecule has 0 heterocycles. The van der Waals surface area contributed by atoms with Crippen molar-refractivity contribution in [2.45, 2.75) is 30.5 Å². The van der Waals surface area contributed by atoms with Gasteiger partial charge >= 0.3 is 23.9 Å². The molecule has 0 aromatic rings. The number of carboxylic acid groups (broad SMARTS) is 4. The lowest BCUT2D eigenvalue weighted by Gasteiger charge is -2.44. The quantitative estimate of drug-likeness (QED) is 0.158. The van der Waals surface area contributed by atoms with Crippen LogP contribution >= 0.6 is 12.3 Å². The summed E-state index contributed by atoms with van der Waals surface area (Å²) in [5.74, 6) is -6.23. The average Bonchev–Trinajstić information content (AvgIpc) is 2.33. The first-order chi connectivity index (χ1) is 10.5. The van der Waals surface area contributed by atoms with E-state index < -0.39 is 73.3 Å². The molecule has 0 aliphatic carbocycles. The van der Waals surface area contributed by atoms with Gasteiger partial charge in [0.05, 0.1) is 31.3 Å². The molecule has 8 N–H and O–H groups in total. The summed E-state index contributed by atoms with van der Waals surface area (Å²) in [6.07, 6.45) is -3.25. The van der Waals surface area contributed by atoms with Crippen LogP contribution in [0.25, 0.3) is 0 Å². The Hall–Kier alpha value is -1.93. The molecular weight excluding hydrogens is 340 g/mol. The van der Waals surface area contributed by atoms with Crippen LogP contribution in [0.4, 0.5) is 0 Å². The van der Waals surface area contributed by atoms with Crippen LogP contribution in [0.2, 0.25) is 0 Å². The lowest BCUT2D eigenvalue weighted by molar-refractivity contribution is -0.156. The molecule has 0 rings (SSSR count). The van der Waals surface area contributed by atoms with E-state index in [4.69, 9.17) is 30.7 Å². The number of nitrogens with two attached hydrogens (primary N) is 1. The van der Waals surface area contributed by atoms with Gasteiger partial charge in [0.25, 0.3) is 0 Å². The predicted molar refractivity (Wildman–Crippen MR) is 73.4 cm³/mol. The van der Waals surface area contributed by atoms with Crippen LogP contribution in [0.3, 0.4) is 0 Å². The number of carboxylic acids is 4. The van der Waals surface area contributed by atoms with Crippen molar-refractivity contribution in [3.8, 4) is 0 Å². The molecule has 12 nitrogen and oxygen atoms in total. The molecule has 0 aromatic heterocycles. The van der Waals surface area contributed by atoms with Crippen LogP contribution in [-0.2, 0) is 23.4 Å². The normalized spacial score (nSPS) is 14.0. The SMILES string of the molecule is NC(CC(=O)O)(OSO)C(CC(=O)O)(CC(=O)O)NCC(=O)O. The first-order valence-electron chi connectivity index (χ1n) is 5.88. The Morgan fingerprint density at radius 2 is 1.35 bits per heavy atom. The second-order valence-electron chi connectivity index (χ2n) is 4.59. The Kier molecular flexibility index (Phi) is 7.91. The van der Waals surface area contributed by atoms with E-state index >= 15 is 0 Å². The van der Waals surface area contributed by atoms with Gasteiger partial charge in [-0.05, 0) is 0 Å². The first-order valence-corrected chi connectivity index (χ1v) is 6.58. The fourth-order valence-electron chi connectivity index (χ4n) is 1.97. The fraction of sp³-hybridized carbons (Fsp3) is 0.600. The Bertz CT molecular complexity index is 468. The lowest BCUT2D eigenvalue weighted by atomic mass is 9.78. The Morgan fingerprint density at radius 3 is 1.65 bits per heavy atom. The monoisotopic (exact) mass is 356 g/mol. The van der Waals surface area contributed by atoms with Gasteiger partial charge in [-0.1, -0.05) is 0 Å². The van der Waals surface area contributed by atoms with Gasteiger partial charge in [0.1, 0.15) is 0 Å².